The highest BCUT2D eigenvalue weighted by Crippen LogP contribution is 2.02. The molecule has 4 nitrogen and oxygen atoms in total. The normalized spacial score (nSPS) is 8.80. The molecule has 0 amide bonds. The molecule has 0 aliphatic heterocycles. The maximum atomic E-state index is 5.05. The molecule has 0 spiro atoms. The lowest BCUT2D eigenvalue weighted by molar-refractivity contribution is 0.419. The van der Waals surface area contributed by atoms with E-state index in [1.165, 1.54) is 6.33 Å². The van der Waals surface area contributed by atoms with Gasteiger partial charge in [0, 0.05) is 7.05 Å². The number of terminal acetylenes is 1. The Kier molecular flexibility index (Phi) is 1.90. The van der Waals surface area contributed by atoms with E-state index >= 15 is 0 Å². The third-order valence-corrected chi connectivity index (χ3v) is 1.00. The van der Waals surface area contributed by atoms with Crippen LogP contribution in [0.2, 0.25) is 0 Å². The maximum absolute atomic E-state index is 5.05. The van der Waals surface area contributed by atoms with E-state index in [2.05, 4.69) is 16.1 Å². The van der Waals surface area contributed by atoms with Gasteiger partial charge >= 0.3 is 6.01 Å². The molecule has 52 valence electrons. The predicted molar refractivity (Wildman–Crippen MR) is 36.4 cm³/mol. The van der Waals surface area contributed by atoms with Gasteiger partial charge in [-0.05, 0) is 0 Å². The minimum Gasteiger partial charge on any atom is -0.316 e. The molecule has 0 radical (unpaired) electrons. The second-order valence-electron chi connectivity index (χ2n) is 1.78. The van der Waals surface area contributed by atoms with Crippen LogP contribution in [0.4, 0.5) is 6.01 Å². The first-order valence-corrected chi connectivity index (χ1v) is 2.76. The van der Waals surface area contributed by atoms with Gasteiger partial charge in [-0.15, -0.1) is 6.42 Å². The van der Waals surface area contributed by atoms with Crippen LogP contribution in [0.5, 0.6) is 0 Å². The third-order valence-electron chi connectivity index (χ3n) is 1.00. The van der Waals surface area contributed by atoms with Gasteiger partial charge in [-0.3, -0.25) is 0 Å². The van der Waals surface area contributed by atoms with E-state index < -0.39 is 0 Å². The molecule has 0 atom stereocenters. The van der Waals surface area contributed by atoms with Crippen LogP contribution in [0, 0.1) is 12.3 Å². The zero-order chi connectivity index (χ0) is 7.40. The standard InChI is InChI=1S/C6H7N3O/c1-3-4-9(2)6-7-5-8-10-6/h1,5H,4H2,2H3. The van der Waals surface area contributed by atoms with Crippen LogP contribution in [0.1, 0.15) is 0 Å². The molecule has 0 fully saturated rings. The van der Waals surface area contributed by atoms with Crippen LogP contribution in [0.3, 0.4) is 0 Å². The first kappa shape index (κ1) is 6.62. The van der Waals surface area contributed by atoms with Crippen molar-refractivity contribution in [3.63, 3.8) is 0 Å². The first-order chi connectivity index (χ1) is 4.84. The van der Waals surface area contributed by atoms with Gasteiger partial charge in [0.2, 0.25) is 0 Å². The summed E-state index contributed by atoms with van der Waals surface area (Å²) in [5.74, 6) is 2.45. The minimum atomic E-state index is 0.443. The molecule has 1 rings (SSSR count). The van der Waals surface area contributed by atoms with Crippen LogP contribution in [0.25, 0.3) is 0 Å². The van der Waals surface area contributed by atoms with Crippen LogP contribution in [-0.4, -0.2) is 23.7 Å². The fourth-order valence-corrected chi connectivity index (χ4v) is 0.540. The van der Waals surface area contributed by atoms with Gasteiger partial charge in [0.1, 0.15) is 0 Å². The molecule has 0 N–H and O–H groups in total. The average Bonchev–Trinajstić information content (AvgIpc) is 2.38. The topological polar surface area (TPSA) is 42.2 Å². The van der Waals surface area contributed by atoms with E-state index in [1.807, 2.05) is 0 Å². The van der Waals surface area contributed by atoms with Crippen molar-refractivity contribution >= 4 is 6.01 Å². The van der Waals surface area contributed by atoms with Gasteiger partial charge < -0.3 is 9.42 Å². The molecule has 10 heavy (non-hydrogen) atoms. The fourth-order valence-electron chi connectivity index (χ4n) is 0.540. The average molecular weight is 137 g/mol. The molecule has 0 aliphatic rings. The summed E-state index contributed by atoms with van der Waals surface area (Å²) >= 11 is 0. The monoisotopic (exact) mass is 137 g/mol. The van der Waals surface area contributed by atoms with E-state index in [0.29, 0.717) is 12.6 Å². The highest BCUT2D eigenvalue weighted by Gasteiger charge is 2.02. The van der Waals surface area contributed by atoms with E-state index in [4.69, 9.17) is 10.9 Å². The smallest absolute Gasteiger partial charge is 0.316 e. The zero-order valence-electron chi connectivity index (χ0n) is 5.61. The summed E-state index contributed by atoms with van der Waals surface area (Å²) in [6, 6.07) is 0.443. The van der Waals surface area contributed by atoms with Gasteiger partial charge in [-0.2, -0.15) is 4.98 Å². The molecule has 0 saturated carbocycles. The van der Waals surface area contributed by atoms with Gasteiger partial charge in [-0.1, -0.05) is 11.1 Å². The zero-order valence-corrected chi connectivity index (χ0v) is 5.61. The van der Waals surface area contributed by atoms with Crippen molar-refractivity contribution in [2.24, 2.45) is 0 Å². The lowest BCUT2D eigenvalue weighted by atomic mass is 10.6. The van der Waals surface area contributed by atoms with Crippen molar-refractivity contribution in [3.05, 3.63) is 6.33 Å². The lowest BCUT2D eigenvalue weighted by Gasteiger charge is -2.07. The van der Waals surface area contributed by atoms with E-state index in [9.17, 15) is 0 Å². The minimum absolute atomic E-state index is 0.443. The molecular weight excluding hydrogens is 130 g/mol. The van der Waals surface area contributed by atoms with Crippen molar-refractivity contribution in [2.45, 2.75) is 0 Å². The van der Waals surface area contributed by atoms with E-state index in [1.54, 1.807) is 11.9 Å². The molecule has 0 bridgehead atoms. The summed E-state index contributed by atoms with van der Waals surface area (Å²) in [6.45, 7) is 0.474. The Labute approximate surface area is 58.8 Å². The van der Waals surface area contributed by atoms with Crippen molar-refractivity contribution in [2.75, 3.05) is 18.5 Å². The van der Waals surface area contributed by atoms with Crippen LogP contribution >= 0.6 is 0 Å². The second-order valence-corrected chi connectivity index (χ2v) is 1.78. The molecule has 0 unspecified atom stereocenters. The highest BCUT2D eigenvalue weighted by molar-refractivity contribution is 5.24. The summed E-state index contributed by atoms with van der Waals surface area (Å²) in [5, 5.41) is 3.43. The summed E-state index contributed by atoms with van der Waals surface area (Å²) in [5.41, 5.74) is 0. The van der Waals surface area contributed by atoms with Gasteiger partial charge in [0.15, 0.2) is 6.33 Å². The first-order valence-electron chi connectivity index (χ1n) is 2.76. The quantitative estimate of drug-likeness (QED) is 0.544. The highest BCUT2D eigenvalue weighted by atomic mass is 16.5. The summed E-state index contributed by atoms with van der Waals surface area (Å²) in [6.07, 6.45) is 6.39. The molecule has 0 aromatic carbocycles. The van der Waals surface area contributed by atoms with Crippen molar-refractivity contribution in [1.82, 2.24) is 10.1 Å². The Bertz CT molecular complexity index is 224. The van der Waals surface area contributed by atoms with Crippen molar-refractivity contribution in [3.8, 4) is 12.3 Å². The second kappa shape index (κ2) is 2.87. The molecule has 4 heteroatoms. The molecule has 0 aliphatic carbocycles. The summed E-state index contributed by atoms with van der Waals surface area (Å²) < 4.78 is 4.72. The number of hydrogen-bond donors (Lipinski definition) is 0. The van der Waals surface area contributed by atoms with E-state index in [-0.39, 0.29) is 0 Å². The Morgan fingerprint density at radius 2 is 2.70 bits per heavy atom. The fraction of sp³-hybridized carbons (Fsp3) is 0.333. The van der Waals surface area contributed by atoms with Gasteiger partial charge in [0.05, 0.1) is 6.54 Å². The number of hydrogen-bond acceptors (Lipinski definition) is 4. The Hall–Kier alpha value is -1.50. The summed E-state index contributed by atoms with van der Waals surface area (Å²) in [4.78, 5) is 5.47. The van der Waals surface area contributed by atoms with Crippen molar-refractivity contribution < 1.29 is 4.52 Å². The van der Waals surface area contributed by atoms with E-state index in [0.717, 1.165) is 0 Å². The largest absolute Gasteiger partial charge is 0.324 e. The van der Waals surface area contributed by atoms with Crippen LogP contribution < -0.4 is 4.90 Å². The Morgan fingerprint density at radius 1 is 1.90 bits per heavy atom. The molecule has 1 aromatic heterocycles. The molecular formula is C6H7N3O. The summed E-state index contributed by atoms with van der Waals surface area (Å²) in [7, 11) is 1.79. The number of anilines is 1. The van der Waals surface area contributed by atoms with Crippen LogP contribution in [0.15, 0.2) is 10.9 Å². The predicted octanol–water partition coefficient (Wildman–Crippen LogP) is 0.139. The molecule has 1 aromatic rings. The Balaban J connectivity index is 2.61. The lowest BCUT2D eigenvalue weighted by Crippen LogP contribution is -2.16. The Morgan fingerprint density at radius 3 is 3.20 bits per heavy atom. The van der Waals surface area contributed by atoms with Crippen molar-refractivity contribution in [1.29, 1.82) is 0 Å². The molecule has 0 saturated heterocycles. The maximum Gasteiger partial charge on any atom is 0.324 e. The van der Waals surface area contributed by atoms with Gasteiger partial charge in [0.25, 0.3) is 0 Å². The number of aromatic nitrogens is 2. The number of nitrogens with zero attached hydrogens (tertiary/aromatic N) is 3. The third kappa shape index (κ3) is 1.26. The SMILES string of the molecule is C#CCN(C)c1ncno1. The molecule has 1 heterocycles. The van der Waals surface area contributed by atoms with Gasteiger partial charge in [-0.25, -0.2) is 0 Å². The number of rotatable bonds is 2. The van der Waals surface area contributed by atoms with Crippen LogP contribution in [-0.2, 0) is 0 Å².